The minimum absolute atomic E-state index is 0.680. The van der Waals surface area contributed by atoms with Gasteiger partial charge in [-0.1, -0.05) is 23.9 Å². The van der Waals surface area contributed by atoms with Gasteiger partial charge in [-0.05, 0) is 80.1 Å². The van der Waals surface area contributed by atoms with E-state index in [9.17, 15) is 0 Å². The van der Waals surface area contributed by atoms with Crippen LogP contribution in [0.25, 0.3) is 0 Å². The molecule has 3 rings (SSSR count). The van der Waals surface area contributed by atoms with Crippen LogP contribution in [0.15, 0.2) is 87.6 Å². The Morgan fingerprint density at radius 2 is 1.43 bits per heavy atom. The highest BCUT2D eigenvalue weighted by atomic mass is 32.2. The zero-order valence-corrected chi connectivity index (χ0v) is 17.0. The van der Waals surface area contributed by atoms with E-state index in [0.717, 1.165) is 34.1 Å². The molecular weight excluding hydrogens is 366 g/mol. The van der Waals surface area contributed by atoms with E-state index in [1.165, 1.54) is 5.69 Å². The van der Waals surface area contributed by atoms with E-state index in [4.69, 9.17) is 5.21 Å². The lowest BCUT2D eigenvalue weighted by Crippen LogP contribution is -2.21. The summed E-state index contributed by atoms with van der Waals surface area (Å²) in [5.41, 5.74) is 6.08. The maximum Gasteiger partial charge on any atom is 0.0630 e. The smallest absolute Gasteiger partial charge is 0.0630 e. The highest BCUT2D eigenvalue weighted by Gasteiger charge is 2.01. The van der Waals surface area contributed by atoms with Gasteiger partial charge >= 0.3 is 0 Å². The molecule has 0 aliphatic heterocycles. The number of aliphatic imine (C=N–C) groups is 1. The third kappa shape index (κ3) is 5.38. The molecule has 0 aromatic heterocycles. The van der Waals surface area contributed by atoms with E-state index in [2.05, 4.69) is 65.6 Å². The average Bonchev–Trinajstić information content (AvgIpc) is 2.75. The van der Waals surface area contributed by atoms with Gasteiger partial charge in [0, 0.05) is 34.8 Å². The van der Waals surface area contributed by atoms with Crippen molar-refractivity contribution in [3.63, 3.8) is 0 Å². The van der Waals surface area contributed by atoms with Crippen LogP contribution in [0.1, 0.15) is 19.4 Å². The molecular formula is C23H25N3OS. The molecule has 0 aliphatic carbocycles. The molecule has 4 nitrogen and oxygen atoms in total. The maximum absolute atomic E-state index is 8.87. The zero-order valence-electron chi connectivity index (χ0n) is 16.2. The van der Waals surface area contributed by atoms with Crippen LogP contribution in [-0.4, -0.2) is 24.5 Å². The summed E-state index contributed by atoms with van der Waals surface area (Å²) in [6.07, 6.45) is 1.90. The van der Waals surface area contributed by atoms with E-state index >= 15 is 0 Å². The fourth-order valence-corrected chi connectivity index (χ4v) is 3.66. The highest BCUT2D eigenvalue weighted by molar-refractivity contribution is 7.99. The van der Waals surface area contributed by atoms with Crippen LogP contribution >= 0.6 is 11.8 Å². The quantitative estimate of drug-likeness (QED) is 0.353. The molecule has 0 aliphatic rings. The lowest BCUT2D eigenvalue weighted by Gasteiger charge is -2.20. The summed E-state index contributed by atoms with van der Waals surface area (Å²) in [5, 5.41) is 8.87. The Labute approximate surface area is 170 Å². The fourth-order valence-electron chi connectivity index (χ4n) is 2.84. The van der Waals surface area contributed by atoms with Crippen LogP contribution in [0.2, 0.25) is 0 Å². The Morgan fingerprint density at radius 3 is 1.96 bits per heavy atom. The van der Waals surface area contributed by atoms with E-state index in [1.54, 1.807) is 11.8 Å². The first-order chi connectivity index (χ1) is 13.7. The summed E-state index contributed by atoms with van der Waals surface area (Å²) in [6, 6.07) is 24.3. The number of hydrogen-bond acceptors (Lipinski definition) is 5. The van der Waals surface area contributed by atoms with Crippen LogP contribution in [-0.2, 0) is 0 Å². The summed E-state index contributed by atoms with van der Waals surface area (Å²) < 4.78 is 0. The standard InChI is InChI=1S/C23H25N3OS/c1-3-26(4-2)21-11-5-18(6-12-21)17-24-19-7-13-22(14-8-19)28-23-15-9-20(25-27)10-16-23/h5-17,25,27H,3-4H2,1-2H3. The Kier molecular flexibility index (Phi) is 7.12. The van der Waals surface area contributed by atoms with Crippen molar-refractivity contribution in [2.75, 3.05) is 23.5 Å². The van der Waals surface area contributed by atoms with Gasteiger partial charge in [0.15, 0.2) is 0 Å². The Balaban J connectivity index is 1.61. The van der Waals surface area contributed by atoms with Gasteiger partial charge in [-0.2, -0.15) is 0 Å². The van der Waals surface area contributed by atoms with Crippen molar-refractivity contribution in [2.24, 2.45) is 4.99 Å². The van der Waals surface area contributed by atoms with Gasteiger partial charge in [0.1, 0.15) is 0 Å². The van der Waals surface area contributed by atoms with Crippen molar-refractivity contribution < 1.29 is 5.21 Å². The molecule has 0 fully saturated rings. The molecule has 3 aromatic rings. The SMILES string of the molecule is CCN(CC)c1ccc(C=Nc2ccc(Sc3ccc(NO)cc3)cc2)cc1. The number of anilines is 2. The van der Waals surface area contributed by atoms with Crippen LogP contribution in [0, 0.1) is 0 Å². The minimum atomic E-state index is 0.680. The first-order valence-electron chi connectivity index (χ1n) is 9.39. The third-order valence-corrected chi connectivity index (χ3v) is 5.46. The molecule has 0 heterocycles. The molecule has 5 heteroatoms. The van der Waals surface area contributed by atoms with Gasteiger partial charge in [-0.3, -0.25) is 15.7 Å². The number of benzene rings is 3. The topological polar surface area (TPSA) is 47.9 Å². The second-order valence-electron chi connectivity index (χ2n) is 6.25. The molecule has 0 radical (unpaired) electrons. The second-order valence-corrected chi connectivity index (χ2v) is 7.40. The summed E-state index contributed by atoms with van der Waals surface area (Å²) in [6.45, 7) is 6.36. The lowest BCUT2D eigenvalue weighted by atomic mass is 10.2. The summed E-state index contributed by atoms with van der Waals surface area (Å²) in [7, 11) is 0. The van der Waals surface area contributed by atoms with Crippen molar-refractivity contribution in [1.82, 2.24) is 0 Å². The average molecular weight is 392 g/mol. The van der Waals surface area contributed by atoms with Gasteiger partial charge in [-0.25, -0.2) is 0 Å². The molecule has 0 unspecified atom stereocenters. The molecule has 0 amide bonds. The molecule has 0 bridgehead atoms. The van der Waals surface area contributed by atoms with Crippen molar-refractivity contribution in [2.45, 2.75) is 23.6 Å². The molecule has 0 spiro atoms. The van der Waals surface area contributed by atoms with E-state index in [-0.39, 0.29) is 0 Å². The first kappa shape index (κ1) is 20.0. The largest absolute Gasteiger partial charge is 0.372 e. The highest BCUT2D eigenvalue weighted by Crippen LogP contribution is 2.29. The predicted octanol–water partition coefficient (Wildman–Crippen LogP) is 6.24. The van der Waals surface area contributed by atoms with Crippen LogP contribution < -0.4 is 10.4 Å². The number of rotatable bonds is 8. The first-order valence-corrected chi connectivity index (χ1v) is 10.2. The van der Waals surface area contributed by atoms with Crippen LogP contribution in [0.4, 0.5) is 17.1 Å². The number of hydrogen-bond donors (Lipinski definition) is 2. The van der Waals surface area contributed by atoms with Crippen LogP contribution in [0.5, 0.6) is 0 Å². The van der Waals surface area contributed by atoms with Gasteiger partial charge in [0.25, 0.3) is 0 Å². The Hall–Kier alpha value is -2.76. The maximum atomic E-state index is 8.87. The summed E-state index contributed by atoms with van der Waals surface area (Å²) >= 11 is 1.67. The van der Waals surface area contributed by atoms with E-state index in [0.29, 0.717) is 5.69 Å². The zero-order chi connectivity index (χ0) is 19.8. The van der Waals surface area contributed by atoms with Crippen molar-refractivity contribution >= 4 is 35.0 Å². The van der Waals surface area contributed by atoms with Crippen LogP contribution in [0.3, 0.4) is 0 Å². The van der Waals surface area contributed by atoms with Crippen molar-refractivity contribution in [1.29, 1.82) is 0 Å². The van der Waals surface area contributed by atoms with E-state index in [1.807, 2.05) is 42.6 Å². The predicted molar refractivity (Wildman–Crippen MR) is 120 cm³/mol. The normalized spacial score (nSPS) is 11.0. The van der Waals surface area contributed by atoms with Gasteiger partial charge in [-0.15, -0.1) is 0 Å². The third-order valence-electron chi connectivity index (χ3n) is 4.44. The molecule has 28 heavy (non-hydrogen) atoms. The van der Waals surface area contributed by atoms with Crippen molar-refractivity contribution in [3.05, 3.63) is 78.4 Å². The summed E-state index contributed by atoms with van der Waals surface area (Å²) in [4.78, 5) is 9.16. The monoisotopic (exact) mass is 391 g/mol. The van der Waals surface area contributed by atoms with Crippen molar-refractivity contribution in [3.8, 4) is 0 Å². The fraction of sp³-hybridized carbons (Fsp3) is 0.174. The molecule has 144 valence electrons. The summed E-state index contributed by atoms with van der Waals surface area (Å²) in [5.74, 6) is 0. The molecule has 0 atom stereocenters. The molecule has 0 saturated carbocycles. The van der Waals surface area contributed by atoms with Gasteiger partial charge < -0.3 is 4.90 Å². The molecule has 0 saturated heterocycles. The number of nitrogens with one attached hydrogen (secondary N) is 1. The van der Waals surface area contributed by atoms with Gasteiger partial charge in [0.05, 0.1) is 11.4 Å². The minimum Gasteiger partial charge on any atom is -0.372 e. The lowest BCUT2D eigenvalue weighted by molar-refractivity contribution is 0.389. The number of nitrogens with zero attached hydrogens (tertiary/aromatic N) is 2. The molecule has 3 aromatic carbocycles. The van der Waals surface area contributed by atoms with E-state index < -0.39 is 0 Å². The Morgan fingerprint density at radius 1 is 0.857 bits per heavy atom. The second kappa shape index (κ2) is 9.97. The molecule has 2 N–H and O–H groups in total. The Bertz CT molecular complexity index is 887. The van der Waals surface area contributed by atoms with Gasteiger partial charge in [0.2, 0.25) is 0 Å².